The number of anilines is 1. The second-order valence-corrected chi connectivity index (χ2v) is 6.65. The van der Waals surface area contributed by atoms with Crippen LogP contribution >= 0.6 is 7.45 Å². The second kappa shape index (κ2) is 6.23. The summed E-state index contributed by atoms with van der Waals surface area (Å²) in [6.07, 6.45) is 0. The molecule has 2 rings (SSSR count). The van der Waals surface area contributed by atoms with Crippen LogP contribution in [0.5, 0.6) is 0 Å². The highest BCUT2D eigenvalue weighted by molar-refractivity contribution is 7.74. The maximum atomic E-state index is 14.6. The minimum atomic E-state index is -3.98. The molecule has 0 aliphatic carbocycles. The standard InChI is InChI=1S/C16H19FNOP/c1-3-18(4-2)14-10-12-16(13-11-14)20(17,19)15-8-6-5-7-9-15/h5-13H,3-4H2,1-2H3. The van der Waals surface area contributed by atoms with Gasteiger partial charge in [-0.3, -0.25) is 4.57 Å². The summed E-state index contributed by atoms with van der Waals surface area (Å²) in [5.74, 6) is 0. The van der Waals surface area contributed by atoms with E-state index in [1.807, 2.05) is 12.1 Å². The van der Waals surface area contributed by atoms with Crippen LogP contribution in [-0.4, -0.2) is 13.1 Å². The lowest BCUT2D eigenvalue weighted by Crippen LogP contribution is -2.22. The van der Waals surface area contributed by atoms with Crippen LogP contribution in [0.2, 0.25) is 0 Å². The minimum absolute atomic E-state index is 0.246. The largest absolute Gasteiger partial charge is 0.372 e. The fourth-order valence-corrected chi connectivity index (χ4v) is 3.60. The van der Waals surface area contributed by atoms with Crippen LogP contribution in [0.25, 0.3) is 0 Å². The maximum Gasteiger partial charge on any atom is 0.300 e. The Morgan fingerprint density at radius 2 is 1.40 bits per heavy atom. The Labute approximate surface area is 119 Å². The third kappa shape index (κ3) is 2.94. The molecule has 0 aliphatic rings. The SMILES string of the molecule is CCN(CC)c1ccc(P(=O)(F)c2ccccc2)cc1. The number of benzene rings is 2. The van der Waals surface area contributed by atoms with Gasteiger partial charge in [-0.05, 0) is 50.2 Å². The predicted octanol–water partition coefficient (Wildman–Crippen LogP) is 3.73. The fourth-order valence-electron chi connectivity index (χ4n) is 2.21. The minimum Gasteiger partial charge on any atom is -0.372 e. The molecule has 0 saturated heterocycles. The van der Waals surface area contributed by atoms with E-state index in [1.165, 1.54) is 0 Å². The van der Waals surface area contributed by atoms with Crippen LogP contribution in [0.3, 0.4) is 0 Å². The fraction of sp³-hybridized carbons (Fsp3) is 0.250. The highest BCUT2D eigenvalue weighted by atomic mass is 31.2. The van der Waals surface area contributed by atoms with Crippen LogP contribution in [0, 0.1) is 0 Å². The lowest BCUT2D eigenvalue weighted by atomic mass is 10.3. The van der Waals surface area contributed by atoms with Crippen molar-refractivity contribution in [2.24, 2.45) is 0 Å². The molecule has 0 heterocycles. The van der Waals surface area contributed by atoms with E-state index >= 15 is 0 Å². The van der Waals surface area contributed by atoms with Gasteiger partial charge < -0.3 is 4.90 Å². The normalized spacial score (nSPS) is 13.8. The van der Waals surface area contributed by atoms with Gasteiger partial charge >= 0.3 is 0 Å². The molecule has 0 fully saturated rings. The van der Waals surface area contributed by atoms with Gasteiger partial charge in [-0.25, -0.2) is 0 Å². The Kier molecular flexibility index (Phi) is 4.61. The summed E-state index contributed by atoms with van der Waals surface area (Å²) in [7, 11) is -3.98. The molecule has 0 radical (unpaired) electrons. The Morgan fingerprint density at radius 1 is 0.900 bits per heavy atom. The van der Waals surface area contributed by atoms with E-state index in [1.54, 1.807) is 42.5 Å². The zero-order valence-electron chi connectivity index (χ0n) is 11.8. The van der Waals surface area contributed by atoms with Crippen LogP contribution in [0.1, 0.15) is 13.8 Å². The number of hydrogen-bond donors (Lipinski definition) is 0. The quantitative estimate of drug-likeness (QED) is 0.782. The van der Waals surface area contributed by atoms with Gasteiger partial charge in [0.2, 0.25) is 0 Å². The van der Waals surface area contributed by atoms with Crippen molar-refractivity contribution in [3.63, 3.8) is 0 Å². The summed E-state index contributed by atoms with van der Waals surface area (Å²) in [6, 6.07) is 15.2. The number of halogens is 1. The summed E-state index contributed by atoms with van der Waals surface area (Å²) < 4.78 is 27.0. The van der Waals surface area contributed by atoms with Crippen molar-refractivity contribution < 1.29 is 8.76 Å². The van der Waals surface area contributed by atoms with Gasteiger partial charge in [0.05, 0.1) is 0 Å². The first kappa shape index (κ1) is 14.8. The molecule has 4 heteroatoms. The number of rotatable bonds is 5. The van der Waals surface area contributed by atoms with Gasteiger partial charge in [0.15, 0.2) is 0 Å². The predicted molar refractivity (Wildman–Crippen MR) is 84.4 cm³/mol. The Hall–Kier alpha value is -1.60. The van der Waals surface area contributed by atoms with E-state index in [9.17, 15) is 8.76 Å². The molecule has 1 unspecified atom stereocenters. The summed E-state index contributed by atoms with van der Waals surface area (Å²) in [4.78, 5) is 2.16. The van der Waals surface area contributed by atoms with Crippen molar-refractivity contribution in [2.75, 3.05) is 18.0 Å². The maximum absolute atomic E-state index is 14.6. The average molecular weight is 291 g/mol. The van der Waals surface area contributed by atoms with Crippen molar-refractivity contribution in [3.8, 4) is 0 Å². The van der Waals surface area contributed by atoms with Crippen molar-refractivity contribution in [2.45, 2.75) is 13.8 Å². The summed E-state index contributed by atoms with van der Waals surface area (Å²) in [5.41, 5.74) is 1.02. The smallest absolute Gasteiger partial charge is 0.300 e. The topological polar surface area (TPSA) is 20.3 Å². The van der Waals surface area contributed by atoms with Crippen molar-refractivity contribution in [1.29, 1.82) is 0 Å². The third-order valence-electron chi connectivity index (χ3n) is 3.40. The van der Waals surface area contributed by atoms with Gasteiger partial charge in [-0.1, -0.05) is 18.2 Å². The van der Waals surface area contributed by atoms with Gasteiger partial charge in [0.25, 0.3) is 7.45 Å². The van der Waals surface area contributed by atoms with E-state index in [4.69, 9.17) is 0 Å². The molecular formula is C16H19FNOP. The summed E-state index contributed by atoms with van der Waals surface area (Å²) in [6.45, 7) is 5.92. The summed E-state index contributed by atoms with van der Waals surface area (Å²) >= 11 is 0. The highest BCUT2D eigenvalue weighted by Crippen LogP contribution is 2.44. The molecule has 0 spiro atoms. The lowest BCUT2D eigenvalue weighted by molar-refractivity contribution is 0.558. The van der Waals surface area contributed by atoms with Gasteiger partial charge in [0.1, 0.15) is 0 Å². The molecule has 20 heavy (non-hydrogen) atoms. The zero-order chi connectivity index (χ0) is 14.6. The zero-order valence-corrected chi connectivity index (χ0v) is 12.7. The number of nitrogens with zero attached hydrogens (tertiary/aromatic N) is 1. The third-order valence-corrected chi connectivity index (χ3v) is 5.32. The molecule has 0 aliphatic heterocycles. The second-order valence-electron chi connectivity index (χ2n) is 4.56. The molecule has 0 amide bonds. The average Bonchev–Trinajstić information content (AvgIpc) is 2.50. The summed E-state index contributed by atoms with van der Waals surface area (Å²) in [5, 5.41) is 0.496. The Morgan fingerprint density at radius 3 is 1.90 bits per heavy atom. The van der Waals surface area contributed by atoms with E-state index < -0.39 is 7.45 Å². The lowest BCUT2D eigenvalue weighted by Gasteiger charge is -2.21. The van der Waals surface area contributed by atoms with Crippen LogP contribution < -0.4 is 15.5 Å². The molecule has 2 aromatic rings. The van der Waals surface area contributed by atoms with E-state index in [2.05, 4.69) is 18.7 Å². The van der Waals surface area contributed by atoms with Crippen molar-refractivity contribution >= 4 is 23.7 Å². The van der Waals surface area contributed by atoms with Crippen LogP contribution in [0.15, 0.2) is 54.6 Å². The molecule has 0 saturated carbocycles. The van der Waals surface area contributed by atoms with E-state index in [0.29, 0.717) is 0 Å². The first-order valence-electron chi connectivity index (χ1n) is 6.80. The molecule has 0 bridgehead atoms. The first-order valence-corrected chi connectivity index (χ1v) is 8.40. The molecule has 106 valence electrons. The molecular weight excluding hydrogens is 272 g/mol. The van der Waals surface area contributed by atoms with E-state index in [-0.39, 0.29) is 10.6 Å². The Balaban J connectivity index is 2.32. The molecule has 0 N–H and O–H groups in total. The molecule has 0 aromatic heterocycles. The Bertz CT molecular complexity index is 594. The van der Waals surface area contributed by atoms with Crippen molar-refractivity contribution in [3.05, 3.63) is 54.6 Å². The van der Waals surface area contributed by atoms with Gasteiger partial charge in [-0.15, -0.1) is 0 Å². The monoisotopic (exact) mass is 291 g/mol. The van der Waals surface area contributed by atoms with Crippen molar-refractivity contribution in [1.82, 2.24) is 0 Å². The first-order chi connectivity index (χ1) is 9.59. The molecule has 2 aromatic carbocycles. The van der Waals surface area contributed by atoms with Gasteiger partial charge in [0, 0.05) is 29.4 Å². The van der Waals surface area contributed by atoms with Gasteiger partial charge in [-0.2, -0.15) is 4.20 Å². The molecule has 1 atom stereocenters. The van der Waals surface area contributed by atoms with Crippen LogP contribution in [-0.2, 0) is 4.57 Å². The van der Waals surface area contributed by atoms with Crippen LogP contribution in [0.4, 0.5) is 9.88 Å². The highest BCUT2D eigenvalue weighted by Gasteiger charge is 2.26. The number of hydrogen-bond acceptors (Lipinski definition) is 2. The van der Waals surface area contributed by atoms with E-state index in [0.717, 1.165) is 18.8 Å². The molecule has 2 nitrogen and oxygen atoms in total.